The third-order valence-electron chi connectivity index (χ3n) is 0.867. The average Bonchev–Trinajstić information content (AvgIpc) is 1.62. The Labute approximate surface area is 59.2 Å². The van der Waals surface area contributed by atoms with Crippen molar-refractivity contribution in [1.29, 1.82) is 0 Å². The van der Waals surface area contributed by atoms with E-state index in [4.69, 9.17) is 0 Å². The third-order valence-corrected chi connectivity index (χ3v) is 0.867. The van der Waals surface area contributed by atoms with Crippen LogP contribution in [0.15, 0.2) is 0 Å². The summed E-state index contributed by atoms with van der Waals surface area (Å²) in [6.45, 7) is 4.60. The van der Waals surface area contributed by atoms with Crippen LogP contribution in [0, 0.1) is 5.41 Å². The van der Waals surface area contributed by atoms with Gasteiger partial charge in [-0.15, -0.1) is 0 Å². The highest BCUT2D eigenvalue weighted by atomic mass is 16.4. The molecular weight excluding hydrogens is 136 g/mol. The highest BCUT2D eigenvalue weighted by Crippen LogP contribution is 2.13. The van der Waals surface area contributed by atoms with Crippen molar-refractivity contribution in [3.63, 3.8) is 0 Å². The van der Waals surface area contributed by atoms with Gasteiger partial charge in [-0.25, -0.2) is 0 Å². The van der Waals surface area contributed by atoms with Crippen molar-refractivity contribution >= 4 is 11.8 Å². The molecule has 0 saturated heterocycles. The van der Waals surface area contributed by atoms with E-state index in [9.17, 15) is 14.7 Å². The molecule has 0 spiro atoms. The number of carboxylic acid groups (broad SMARTS) is 1. The van der Waals surface area contributed by atoms with Gasteiger partial charge < -0.3 is 15.4 Å². The van der Waals surface area contributed by atoms with Crippen LogP contribution in [-0.2, 0) is 9.59 Å². The minimum absolute atomic E-state index is 0. The largest absolute Gasteiger partial charge is 0.542 e. The van der Waals surface area contributed by atoms with Gasteiger partial charge in [0.15, 0.2) is 5.78 Å². The molecule has 10 heavy (non-hydrogen) atoms. The molecule has 0 heterocycles. The molecule has 0 rings (SSSR count). The monoisotopic (exact) mass is 147 g/mol. The quantitative estimate of drug-likeness (QED) is 0.424. The number of hydrogen-bond donors (Lipinski definition) is 0. The van der Waals surface area contributed by atoms with Gasteiger partial charge in [0.1, 0.15) is 5.97 Å². The number of aliphatic carboxylic acids is 1. The maximum atomic E-state index is 10.5. The van der Waals surface area contributed by atoms with Gasteiger partial charge in [0, 0.05) is 5.41 Å². The zero-order valence-corrected chi connectivity index (χ0v) is 6.22. The molecule has 0 atom stereocenters. The lowest BCUT2D eigenvalue weighted by atomic mass is 9.91. The summed E-state index contributed by atoms with van der Waals surface area (Å²) in [5.41, 5.74) is -0.821. The van der Waals surface area contributed by atoms with Crippen molar-refractivity contribution in [1.82, 2.24) is 0 Å². The fourth-order valence-electron chi connectivity index (χ4n) is 0.306. The van der Waals surface area contributed by atoms with Crippen LogP contribution >= 0.6 is 0 Å². The second-order valence-corrected chi connectivity index (χ2v) is 2.87. The molecule has 0 aromatic rings. The van der Waals surface area contributed by atoms with E-state index in [-0.39, 0.29) is 5.48 Å². The van der Waals surface area contributed by atoms with Gasteiger partial charge in [-0.05, 0) is 0 Å². The first-order valence-electron chi connectivity index (χ1n) is 2.61. The van der Waals surface area contributed by atoms with Gasteiger partial charge in [0.25, 0.3) is 0 Å². The van der Waals surface area contributed by atoms with Gasteiger partial charge in [-0.1, -0.05) is 20.8 Å². The minimum atomic E-state index is -1.61. The molecule has 0 bridgehead atoms. The van der Waals surface area contributed by atoms with E-state index in [1.54, 1.807) is 0 Å². The Morgan fingerprint density at radius 2 is 1.50 bits per heavy atom. The summed E-state index contributed by atoms with van der Waals surface area (Å²) in [5, 5.41) is 9.89. The Hall–Kier alpha value is -0.900. The molecule has 4 heteroatoms. The Morgan fingerprint density at radius 1 is 1.20 bits per heavy atom. The van der Waals surface area contributed by atoms with Gasteiger partial charge in [-0.2, -0.15) is 0 Å². The summed E-state index contributed by atoms with van der Waals surface area (Å²) in [7, 11) is 0. The average molecular weight is 147 g/mol. The summed E-state index contributed by atoms with van der Waals surface area (Å²) >= 11 is 0. The third kappa shape index (κ3) is 3.19. The van der Waals surface area contributed by atoms with Crippen LogP contribution < -0.4 is 5.11 Å². The van der Waals surface area contributed by atoms with Gasteiger partial charge in [0.2, 0.25) is 0 Å². The topological polar surface area (TPSA) is 88.7 Å². The fraction of sp³-hybridized carbons (Fsp3) is 0.667. The van der Waals surface area contributed by atoms with E-state index in [2.05, 4.69) is 0 Å². The van der Waals surface area contributed by atoms with Crippen LogP contribution in [0.2, 0.25) is 0 Å². The molecule has 0 aromatic heterocycles. The molecule has 0 aliphatic carbocycles. The molecule has 4 nitrogen and oxygen atoms in total. The lowest BCUT2D eigenvalue weighted by Crippen LogP contribution is -2.39. The van der Waals surface area contributed by atoms with Crippen molar-refractivity contribution in [3.8, 4) is 0 Å². The Kier molecular flexibility index (Phi) is 3.93. The van der Waals surface area contributed by atoms with Crippen LogP contribution in [0.25, 0.3) is 0 Å². The molecule has 2 N–H and O–H groups in total. The first kappa shape index (κ1) is 11.8. The van der Waals surface area contributed by atoms with Crippen molar-refractivity contribution in [3.05, 3.63) is 0 Å². The summed E-state index contributed by atoms with van der Waals surface area (Å²) in [6.07, 6.45) is 0. The number of Topliss-reactive ketones (excluding diaryl/α,β-unsaturated/α-hetero) is 1. The van der Waals surface area contributed by atoms with Crippen LogP contribution in [-0.4, -0.2) is 17.2 Å². The molecule has 0 aliphatic rings. The van der Waals surface area contributed by atoms with Crippen LogP contribution in [0.5, 0.6) is 0 Å². The SMILES string of the molecule is CC(C)(C)C(=O)C(=O)[O-].O. The highest BCUT2D eigenvalue weighted by molar-refractivity contribution is 6.33. The second kappa shape index (κ2) is 3.31. The van der Waals surface area contributed by atoms with E-state index in [1.165, 1.54) is 20.8 Å². The number of carbonyl (C=O) groups excluding carboxylic acids is 2. The predicted molar refractivity (Wildman–Crippen MR) is 33.1 cm³/mol. The lowest BCUT2D eigenvalue weighted by Gasteiger charge is -2.15. The number of hydrogen-bond acceptors (Lipinski definition) is 3. The summed E-state index contributed by atoms with van der Waals surface area (Å²) in [6, 6.07) is 0. The normalized spacial score (nSPS) is 9.90. The number of carboxylic acids is 1. The second-order valence-electron chi connectivity index (χ2n) is 2.87. The fourth-order valence-corrected chi connectivity index (χ4v) is 0.306. The zero-order valence-electron chi connectivity index (χ0n) is 6.22. The molecule has 60 valence electrons. The molecule has 0 amide bonds. The molecule has 0 saturated carbocycles. The molecule has 0 fully saturated rings. The van der Waals surface area contributed by atoms with E-state index in [0.29, 0.717) is 0 Å². The van der Waals surface area contributed by atoms with Crippen molar-refractivity contribution < 1.29 is 20.2 Å². The predicted octanol–water partition coefficient (Wildman–Crippen LogP) is -1.47. The Bertz CT molecular complexity index is 142. The first-order chi connectivity index (χ1) is 3.85. The standard InChI is InChI=1S/C6H10O3.H2O/c1-6(2,3)4(7)5(8)9;/h1-3H3,(H,8,9);1H2/p-1. The van der Waals surface area contributed by atoms with E-state index >= 15 is 0 Å². The molecule has 0 unspecified atom stereocenters. The summed E-state index contributed by atoms with van der Waals surface area (Å²) in [5.74, 6) is -2.47. The number of ketones is 1. The maximum absolute atomic E-state index is 10.5. The van der Waals surface area contributed by atoms with Gasteiger partial charge in [0.05, 0.1) is 0 Å². The maximum Gasteiger partial charge on any atom is 0.183 e. The highest BCUT2D eigenvalue weighted by Gasteiger charge is 2.21. The van der Waals surface area contributed by atoms with Gasteiger partial charge in [-0.3, -0.25) is 4.79 Å². The zero-order chi connectivity index (χ0) is 7.65. The van der Waals surface area contributed by atoms with E-state index in [0.717, 1.165) is 0 Å². The lowest BCUT2D eigenvalue weighted by molar-refractivity contribution is -0.301. The van der Waals surface area contributed by atoms with Crippen LogP contribution in [0.1, 0.15) is 20.8 Å². The molecule has 0 aliphatic heterocycles. The molecule has 0 aromatic carbocycles. The Balaban J connectivity index is 0. The first-order valence-corrected chi connectivity index (χ1v) is 2.61. The minimum Gasteiger partial charge on any atom is -0.542 e. The summed E-state index contributed by atoms with van der Waals surface area (Å²) in [4.78, 5) is 20.4. The van der Waals surface area contributed by atoms with Gasteiger partial charge >= 0.3 is 0 Å². The molecular formula is C6H11O4-. The molecule has 0 radical (unpaired) electrons. The van der Waals surface area contributed by atoms with Crippen molar-refractivity contribution in [2.24, 2.45) is 5.41 Å². The van der Waals surface area contributed by atoms with E-state index in [1.807, 2.05) is 0 Å². The smallest absolute Gasteiger partial charge is 0.183 e. The van der Waals surface area contributed by atoms with Crippen LogP contribution in [0.3, 0.4) is 0 Å². The summed E-state index contributed by atoms with van der Waals surface area (Å²) < 4.78 is 0. The van der Waals surface area contributed by atoms with E-state index < -0.39 is 17.2 Å². The number of carbonyl (C=O) groups is 2. The number of rotatable bonds is 1. The van der Waals surface area contributed by atoms with Crippen LogP contribution in [0.4, 0.5) is 0 Å². The van der Waals surface area contributed by atoms with Crippen molar-refractivity contribution in [2.45, 2.75) is 20.8 Å². The van der Waals surface area contributed by atoms with Crippen molar-refractivity contribution in [2.75, 3.05) is 0 Å². The Morgan fingerprint density at radius 3 is 1.50 bits per heavy atom.